The molecule has 0 bridgehead atoms. The van der Waals surface area contributed by atoms with Crippen molar-refractivity contribution in [3.8, 4) is 0 Å². The maximum Gasteiger partial charge on any atom is 0.220 e. The van der Waals surface area contributed by atoms with E-state index in [0.29, 0.717) is 5.95 Å². The molecule has 0 saturated carbocycles. The van der Waals surface area contributed by atoms with Crippen molar-refractivity contribution in [2.24, 2.45) is 4.99 Å². The number of fused-ring (bicyclic) bond motifs is 1. The Labute approximate surface area is 57.8 Å². The smallest absolute Gasteiger partial charge is 0.220 e. The predicted octanol–water partition coefficient (Wildman–Crippen LogP) is 0.317. The molecular formula is C6H6N4. The Balaban J connectivity index is 2.59. The van der Waals surface area contributed by atoms with Crippen LogP contribution >= 0.6 is 0 Å². The molecule has 1 aromatic rings. The normalized spacial score (nSPS) is 13.6. The molecule has 1 aliphatic rings. The predicted molar refractivity (Wildman–Crippen MR) is 38.3 cm³/mol. The number of aliphatic imine (C=N–C) groups is 1. The van der Waals surface area contributed by atoms with Gasteiger partial charge in [-0.2, -0.15) is 0 Å². The average Bonchev–Trinajstić information content (AvgIpc) is 2.33. The summed E-state index contributed by atoms with van der Waals surface area (Å²) >= 11 is 0. The second-order valence-electron chi connectivity index (χ2n) is 2.08. The van der Waals surface area contributed by atoms with Crippen LogP contribution in [0.1, 0.15) is 5.69 Å². The van der Waals surface area contributed by atoms with Gasteiger partial charge in [-0.3, -0.25) is 4.99 Å². The van der Waals surface area contributed by atoms with Gasteiger partial charge in [0.15, 0.2) is 0 Å². The lowest BCUT2D eigenvalue weighted by Crippen LogP contribution is -1.96. The number of nitrogens with two attached hydrogens (primary N) is 1. The first-order valence-corrected chi connectivity index (χ1v) is 3.00. The second-order valence-corrected chi connectivity index (χ2v) is 2.08. The van der Waals surface area contributed by atoms with E-state index < -0.39 is 0 Å². The Morgan fingerprint density at radius 2 is 2.40 bits per heavy atom. The zero-order valence-electron chi connectivity index (χ0n) is 5.28. The summed E-state index contributed by atoms with van der Waals surface area (Å²) in [6, 6.07) is 0. The summed E-state index contributed by atoms with van der Waals surface area (Å²) < 4.78 is 0. The monoisotopic (exact) mass is 134 g/mol. The van der Waals surface area contributed by atoms with E-state index in [2.05, 4.69) is 15.0 Å². The van der Waals surface area contributed by atoms with Crippen LogP contribution in [-0.4, -0.2) is 16.2 Å². The fraction of sp³-hybridized carbons (Fsp3) is 0.167. The Bertz CT molecular complexity index is 292. The SMILES string of the molecule is Nc1ncc2c(n1)CC=N2. The number of rotatable bonds is 0. The van der Waals surface area contributed by atoms with Crippen LogP contribution in [0.15, 0.2) is 11.2 Å². The summed E-state index contributed by atoms with van der Waals surface area (Å²) in [4.78, 5) is 11.8. The number of aromatic nitrogens is 2. The Morgan fingerprint density at radius 3 is 3.30 bits per heavy atom. The Kier molecular flexibility index (Phi) is 0.943. The van der Waals surface area contributed by atoms with Gasteiger partial charge in [0.1, 0.15) is 5.69 Å². The summed E-state index contributed by atoms with van der Waals surface area (Å²) in [5, 5.41) is 0. The van der Waals surface area contributed by atoms with Gasteiger partial charge in [-0.15, -0.1) is 0 Å². The standard InChI is InChI=1S/C6H6N4/c7-6-9-3-5-4(10-6)1-2-8-5/h2-3H,1H2,(H2,7,9,10). The van der Waals surface area contributed by atoms with Gasteiger partial charge in [0, 0.05) is 12.6 Å². The van der Waals surface area contributed by atoms with Crippen LogP contribution in [0.4, 0.5) is 11.6 Å². The van der Waals surface area contributed by atoms with Crippen molar-refractivity contribution in [3.05, 3.63) is 11.9 Å². The summed E-state index contributed by atoms with van der Waals surface area (Å²) in [5.74, 6) is 0.323. The molecule has 4 nitrogen and oxygen atoms in total. The van der Waals surface area contributed by atoms with E-state index in [4.69, 9.17) is 5.73 Å². The van der Waals surface area contributed by atoms with Gasteiger partial charge in [-0.25, -0.2) is 9.97 Å². The molecule has 0 saturated heterocycles. The van der Waals surface area contributed by atoms with Gasteiger partial charge >= 0.3 is 0 Å². The number of anilines is 1. The lowest BCUT2D eigenvalue weighted by atomic mass is 10.3. The van der Waals surface area contributed by atoms with Crippen LogP contribution in [0, 0.1) is 0 Å². The van der Waals surface area contributed by atoms with Crippen molar-refractivity contribution < 1.29 is 0 Å². The zero-order chi connectivity index (χ0) is 6.97. The van der Waals surface area contributed by atoms with Crippen LogP contribution in [-0.2, 0) is 6.42 Å². The molecule has 4 heteroatoms. The van der Waals surface area contributed by atoms with Gasteiger partial charge in [-0.05, 0) is 0 Å². The van der Waals surface area contributed by atoms with Crippen LogP contribution < -0.4 is 5.73 Å². The first-order chi connectivity index (χ1) is 4.86. The fourth-order valence-electron chi connectivity index (χ4n) is 0.915. The van der Waals surface area contributed by atoms with Crippen molar-refractivity contribution in [1.82, 2.24) is 9.97 Å². The average molecular weight is 134 g/mol. The lowest BCUT2D eigenvalue weighted by Gasteiger charge is -1.94. The van der Waals surface area contributed by atoms with E-state index in [1.54, 1.807) is 12.4 Å². The summed E-state index contributed by atoms with van der Waals surface area (Å²) in [7, 11) is 0. The van der Waals surface area contributed by atoms with Crippen molar-refractivity contribution in [2.45, 2.75) is 6.42 Å². The third-order valence-electron chi connectivity index (χ3n) is 1.38. The third-order valence-corrected chi connectivity index (χ3v) is 1.38. The molecule has 50 valence electrons. The molecule has 0 radical (unpaired) electrons. The summed E-state index contributed by atoms with van der Waals surface area (Å²) in [6.45, 7) is 0. The van der Waals surface area contributed by atoms with Crippen LogP contribution in [0.3, 0.4) is 0 Å². The quantitative estimate of drug-likeness (QED) is 0.555. The van der Waals surface area contributed by atoms with Gasteiger partial charge in [0.2, 0.25) is 5.95 Å². The fourth-order valence-corrected chi connectivity index (χ4v) is 0.915. The molecule has 0 atom stereocenters. The lowest BCUT2D eigenvalue weighted by molar-refractivity contribution is 1.11. The summed E-state index contributed by atoms with van der Waals surface area (Å²) in [5.41, 5.74) is 7.12. The molecule has 2 rings (SSSR count). The summed E-state index contributed by atoms with van der Waals surface area (Å²) in [6.07, 6.45) is 4.22. The van der Waals surface area contributed by atoms with E-state index in [1.807, 2.05) is 0 Å². The maximum atomic E-state index is 5.35. The van der Waals surface area contributed by atoms with Crippen LogP contribution in [0.2, 0.25) is 0 Å². The van der Waals surface area contributed by atoms with E-state index in [9.17, 15) is 0 Å². The molecule has 0 fully saturated rings. The Morgan fingerprint density at radius 1 is 1.50 bits per heavy atom. The largest absolute Gasteiger partial charge is 0.368 e. The van der Waals surface area contributed by atoms with Crippen LogP contribution in [0.25, 0.3) is 0 Å². The minimum absolute atomic E-state index is 0.323. The van der Waals surface area contributed by atoms with E-state index in [-0.39, 0.29) is 0 Å². The number of hydrogen-bond acceptors (Lipinski definition) is 4. The van der Waals surface area contributed by atoms with Gasteiger partial charge in [-0.1, -0.05) is 0 Å². The molecule has 0 spiro atoms. The minimum Gasteiger partial charge on any atom is -0.368 e. The molecule has 1 aromatic heterocycles. The van der Waals surface area contributed by atoms with Crippen molar-refractivity contribution >= 4 is 17.9 Å². The van der Waals surface area contributed by atoms with Gasteiger partial charge < -0.3 is 5.73 Å². The highest BCUT2D eigenvalue weighted by molar-refractivity contribution is 5.73. The highest BCUT2D eigenvalue weighted by Crippen LogP contribution is 2.20. The third kappa shape index (κ3) is 0.655. The molecular weight excluding hydrogens is 128 g/mol. The maximum absolute atomic E-state index is 5.35. The molecule has 0 unspecified atom stereocenters. The first kappa shape index (κ1) is 5.34. The van der Waals surface area contributed by atoms with Gasteiger partial charge in [0.05, 0.1) is 11.9 Å². The molecule has 10 heavy (non-hydrogen) atoms. The van der Waals surface area contributed by atoms with E-state index in [1.165, 1.54) is 0 Å². The zero-order valence-corrected chi connectivity index (χ0v) is 5.28. The molecule has 0 amide bonds. The minimum atomic E-state index is 0.323. The number of nitrogen functional groups attached to an aromatic ring is 1. The highest BCUT2D eigenvalue weighted by atomic mass is 15.0. The number of nitrogens with zero attached hydrogens (tertiary/aromatic N) is 3. The van der Waals surface area contributed by atoms with E-state index in [0.717, 1.165) is 17.8 Å². The van der Waals surface area contributed by atoms with E-state index >= 15 is 0 Å². The van der Waals surface area contributed by atoms with Crippen LogP contribution in [0.5, 0.6) is 0 Å². The second kappa shape index (κ2) is 1.76. The molecule has 0 aromatic carbocycles. The van der Waals surface area contributed by atoms with Gasteiger partial charge in [0.25, 0.3) is 0 Å². The number of hydrogen-bond donors (Lipinski definition) is 1. The topological polar surface area (TPSA) is 64.2 Å². The molecule has 0 aliphatic carbocycles. The van der Waals surface area contributed by atoms with Crippen molar-refractivity contribution in [3.63, 3.8) is 0 Å². The first-order valence-electron chi connectivity index (χ1n) is 3.00. The molecule has 2 N–H and O–H groups in total. The molecule has 2 heterocycles. The Hall–Kier alpha value is -1.45. The highest BCUT2D eigenvalue weighted by Gasteiger charge is 2.07. The van der Waals surface area contributed by atoms with Crippen molar-refractivity contribution in [1.29, 1.82) is 0 Å². The molecule has 1 aliphatic heterocycles. The van der Waals surface area contributed by atoms with Crippen molar-refractivity contribution in [2.75, 3.05) is 5.73 Å².